The average molecular weight is 914 g/mol. The third-order valence-corrected chi connectivity index (χ3v) is 11.5. The molecule has 64 heavy (non-hydrogen) atoms. The van der Waals surface area contributed by atoms with Gasteiger partial charge < -0.3 is 46.2 Å². The fourth-order valence-electron chi connectivity index (χ4n) is 8.42. The van der Waals surface area contributed by atoms with Crippen molar-refractivity contribution < 1.29 is 85.4 Å². The number of nitrogens with two attached hydrogens (primary N) is 1. The van der Waals surface area contributed by atoms with E-state index in [1.165, 1.54) is 50.7 Å². The number of aliphatic hydroxyl groups is 3. The molecule has 1 unspecified atom stereocenters. The number of phenols is 1. The Balaban J connectivity index is 1.47. The van der Waals surface area contributed by atoms with Crippen molar-refractivity contribution in [3.8, 4) is 5.75 Å². The molecule has 1 saturated carbocycles. The van der Waals surface area contributed by atoms with Crippen LogP contribution < -0.4 is 16.0 Å². The summed E-state index contributed by atoms with van der Waals surface area (Å²) in [4.78, 5) is 82.9. The number of hydrogen-bond donors (Lipinski definition) is 7. The van der Waals surface area contributed by atoms with E-state index in [1.54, 1.807) is 14.1 Å². The van der Waals surface area contributed by atoms with Crippen molar-refractivity contribution in [3.63, 3.8) is 0 Å². The molecule has 23 heteroatoms. The van der Waals surface area contributed by atoms with E-state index in [9.17, 15) is 80.6 Å². The maximum absolute atomic E-state index is 14.3. The van der Waals surface area contributed by atoms with Gasteiger partial charge in [-0.1, -0.05) is 0 Å². The monoisotopic (exact) mass is 913 g/mol. The Morgan fingerprint density at radius 3 is 1.97 bits per heavy atom. The van der Waals surface area contributed by atoms with E-state index >= 15 is 0 Å². The molecule has 5 atom stereocenters. The number of nitrogens with one attached hydrogen (secondary N) is 1. The van der Waals surface area contributed by atoms with Crippen molar-refractivity contribution in [2.45, 2.75) is 69.1 Å². The second kappa shape index (κ2) is 16.6. The highest BCUT2D eigenvalue weighted by atomic mass is 19.4. The van der Waals surface area contributed by atoms with Gasteiger partial charge in [0.15, 0.2) is 11.4 Å². The minimum absolute atomic E-state index is 0.0944. The number of anilines is 2. The lowest BCUT2D eigenvalue weighted by Gasteiger charge is -2.50. The minimum atomic E-state index is -5.31. The Hall–Kier alpha value is -6.36. The van der Waals surface area contributed by atoms with Gasteiger partial charge in [0.2, 0.25) is 11.7 Å². The lowest BCUT2D eigenvalue weighted by atomic mass is 9.57. The fraction of sp³-hybridized carbons (Fsp3) is 0.463. The number of Topliss-reactive ketones (excluding diaryl/α,β-unsaturated/α-hetero) is 2. The summed E-state index contributed by atoms with van der Waals surface area (Å²) in [6.45, 7) is 2.02. The van der Waals surface area contributed by atoms with Gasteiger partial charge in [0.1, 0.15) is 41.9 Å². The first-order valence-corrected chi connectivity index (χ1v) is 19.2. The van der Waals surface area contributed by atoms with Gasteiger partial charge in [-0.2, -0.15) is 26.3 Å². The van der Waals surface area contributed by atoms with Gasteiger partial charge in [-0.15, -0.1) is 0 Å². The molecule has 0 aliphatic heterocycles. The van der Waals surface area contributed by atoms with Gasteiger partial charge >= 0.3 is 24.4 Å². The molecular weight excluding hydrogens is 868 g/mol. The van der Waals surface area contributed by atoms with Crippen LogP contribution in [0.2, 0.25) is 0 Å². The number of halogens is 6. The standard InChI is InChI=1S/C41H45F6N5O12/c1-38(2,3)52(37(62)64-15-21(36(60)61)16-8-18(40(42,43)44)12-19(9-16)41(45,46)47)14-25(53)49-23-13-24(50(4)5)20-10-17-11-22-29(51(6)7)32(56)28(35(48)59)34(58)39(22,63)33(57)26(17)31(55)27(20)30(23)54/h8-9,12-13,17,21-22,29,54-55,58,63H,10-11,14-15H2,1-7H3,(H2,48,59)(H,49,53)(H,60,61)/t17-,21?,22-,29-,39-/m0/s1. The number of carbonyl (C=O) groups is 6. The number of carbonyl (C=O) groups excluding carboxylic acids is 5. The lowest BCUT2D eigenvalue weighted by Crippen LogP contribution is -2.65. The third-order valence-electron chi connectivity index (χ3n) is 11.5. The van der Waals surface area contributed by atoms with E-state index < -0.39 is 147 Å². The Morgan fingerprint density at radius 2 is 1.50 bits per heavy atom. The number of likely N-dealkylation sites (N-methyl/N-ethyl adjacent to an activating group) is 1. The number of ketones is 2. The maximum atomic E-state index is 14.3. The molecule has 3 amide bonds. The van der Waals surface area contributed by atoms with Crippen molar-refractivity contribution in [1.82, 2.24) is 9.80 Å². The predicted octanol–water partition coefficient (Wildman–Crippen LogP) is 4.11. The molecule has 2 aromatic carbocycles. The van der Waals surface area contributed by atoms with E-state index in [0.717, 1.165) is 4.90 Å². The smallest absolute Gasteiger partial charge is 0.416 e. The van der Waals surface area contributed by atoms with Crippen molar-refractivity contribution in [3.05, 3.63) is 69.0 Å². The fourth-order valence-corrected chi connectivity index (χ4v) is 8.42. The quantitative estimate of drug-likeness (QED) is 0.101. The summed E-state index contributed by atoms with van der Waals surface area (Å²) in [5, 5.41) is 58.7. The van der Waals surface area contributed by atoms with Crippen molar-refractivity contribution in [1.29, 1.82) is 0 Å². The van der Waals surface area contributed by atoms with Crippen LogP contribution in [0.25, 0.3) is 5.76 Å². The number of fused-ring (bicyclic) bond motifs is 3. The van der Waals surface area contributed by atoms with Crippen LogP contribution in [-0.4, -0.2) is 129 Å². The van der Waals surface area contributed by atoms with Gasteiger partial charge in [-0.05, 0) is 89.0 Å². The highest BCUT2D eigenvalue weighted by molar-refractivity contribution is 6.24. The van der Waals surface area contributed by atoms with Crippen LogP contribution >= 0.6 is 0 Å². The second-order valence-electron chi connectivity index (χ2n) is 17.1. The average Bonchev–Trinajstić information content (AvgIpc) is 3.14. The number of aliphatic hydroxyl groups excluding tert-OH is 2. The highest BCUT2D eigenvalue weighted by Crippen LogP contribution is 2.54. The molecule has 5 rings (SSSR count). The Kier molecular flexibility index (Phi) is 12.7. The summed E-state index contributed by atoms with van der Waals surface area (Å²) in [5.74, 6) is -14.1. The number of nitrogens with zero attached hydrogens (tertiary/aromatic N) is 3. The number of primary amides is 1. The van der Waals surface area contributed by atoms with Crippen LogP contribution in [-0.2, 0) is 47.5 Å². The number of rotatable bonds is 10. The molecule has 8 N–H and O–H groups in total. The van der Waals surface area contributed by atoms with E-state index in [-0.39, 0.29) is 47.9 Å². The molecule has 0 radical (unpaired) electrons. The Morgan fingerprint density at radius 1 is 0.938 bits per heavy atom. The summed E-state index contributed by atoms with van der Waals surface area (Å²) < 4.78 is 86.2. The maximum Gasteiger partial charge on any atom is 0.416 e. The number of carboxylic acids is 1. The lowest BCUT2D eigenvalue weighted by molar-refractivity contribution is -0.154. The third kappa shape index (κ3) is 8.64. The second-order valence-corrected chi connectivity index (χ2v) is 17.1. The number of phenolic OH excluding ortho intramolecular Hbond substituents is 1. The van der Waals surface area contributed by atoms with Gasteiger partial charge in [-0.25, -0.2) is 4.79 Å². The highest BCUT2D eigenvalue weighted by Gasteiger charge is 2.64. The topological polar surface area (TPSA) is 261 Å². The molecule has 3 aliphatic carbocycles. The van der Waals surface area contributed by atoms with Crippen molar-refractivity contribution in [2.24, 2.45) is 17.6 Å². The SMILES string of the molecule is CN(C)c1cc(NC(=O)CN(C(=O)OCC(C(=O)O)c2cc(C(F)(F)F)cc(C(F)(F)F)c2)C(C)(C)C)c(O)c2c1C[C@H]1C[C@H]3[C@H](N(C)C)C(=O)C(C(N)=O)=C(O)[C@@]3(O)C(=O)C1=C2O. The van der Waals surface area contributed by atoms with E-state index in [0.29, 0.717) is 0 Å². The molecule has 0 aromatic heterocycles. The van der Waals surface area contributed by atoms with Gasteiger partial charge in [-0.3, -0.25) is 33.8 Å². The van der Waals surface area contributed by atoms with E-state index in [4.69, 9.17) is 10.5 Å². The molecule has 0 heterocycles. The molecule has 2 aromatic rings. The molecule has 17 nitrogen and oxygen atoms in total. The number of benzene rings is 2. The zero-order valence-electron chi connectivity index (χ0n) is 35.2. The minimum Gasteiger partial charge on any atom is -0.508 e. The van der Waals surface area contributed by atoms with Gasteiger partial charge in [0, 0.05) is 36.8 Å². The number of amides is 3. The van der Waals surface area contributed by atoms with Crippen LogP contribution in [0.3, 0.4) is 0 Å². The summed E-state index contributed by atoms with van der Waals surface area (Å²) in [7, 11) is 6.04. The van der Waals surface area contributed by atoms with Gasteiger partial charge in [0.25, 0.3) is 5.91 Å². The number of alkyl halides is 6. The molecule has 0 saturated heterocycles. The Bertz CT molecular complexity index is 2370. The summed E-state index contributed by atoms with van der Waals surface area (Å²) in [5.41, 5.74) is -5.20. The zero-order valence-corrected chi connectivity index (χ0v) is 35.2. The van der Waals surface area contributed by atoms with Crippen LogP contribution in [0.1, 0.15) is 60.9 Å². The van der Waals surface area contributed by atoms with E-state index in [1.807, 2.05) is 0 Å². The van der Waals surface area contributed by atoms with Crippen molar-refractivity contribution in [2.75, 3.05) is 51.6 Å². The molecular formula is C41H45F6N5O12. The van der Waals surface area contributed by atoms with Crippen LogP contribution in [0.5, 0.6) is 5.75 Å². The molecule has 348 valence electrons. The molecule has 0 bridgehead atoms. The summed E-state index contributed by atoms with van der Waals surface area (Å²) in [6, 6.07) is 0.140. The first-order valence-electron chi connectivity index (χ1n) is 19.2. The van der Waals surface area contributed by atoms with Crippen LogP contribution in [0.15, 0.2) is 41.2 Å². The molecule has 3 aliphatic rings. The van der Waals surface area contributed by atoms with Crippen molar-refractivity contribution >= 4 is 52.6 Å². The number of aliphatic carboxylic acids is 1. The number of ether oxygens (including phenoxy) is 1. The molecule has 0 spiro atoms. The number of carboxylic acid groups (broad SMARTS) is 1. The Labute approximate surface area is 360 Å². The van der Waals surface area contributed by atoms with Gasteiger partial charge in [0.05, 0.1) is 28.4 Å². The number of hydrogen-bond acceptors (Lipinski definition) is 13. The first-order chi connectivity index (χ1) is 29.2. The largest absolute Gasteiger partial charge is 0.508 e. The zero-order chi connectivity index (χ0) is 48.5. The van der Waals surface area contributed by atoms with E-state index in [2.05, 4.69) is 5.32 Å². The predicted molar refractivity (Wildman–Crippen MR) is 212 cm³/mol. The molecule has 1 fully saturated rings. The first kappa shape index (κ1) is 48.7. The normalized spacial score (nSPS) is 21.8. The van der Waals surface area contributed by atoms with Crippen LogP contribution in [0, 0.1) is 11.8 Å². The summed E-state index contributed by atoms with van der Waals surface area (Å²) >= 11 is 0. The number of aromatic hydroxyl groups is 1. The van der Waals surface area contributed by atoms with Crippen LogP contribution in [0.4, 0.5) is 42.5 Å². The summed E-state index contributed by atoms with van der Waals surface area (Å²) in [6.07, 6.45) is -12.3.